The summed E-state index contributed by atoms with van der Waals surface area (Å²) in [6.45, 7) is 0. The van der Waals surface area contributed by atoms with Gasteiger partial charge in [-0.1, -0.05) is 18.2 Å². The molecule has 0 atom stereocenters. The van der Waals surface area contributed by atoms with Gasteiger partial charge in [0.2, 0.25) is 5.56 Å². The number of ether oxygens (including phenoxy) is 3. The van der Waals surface area contributed by atoms with Gasteiger partial charge in [-0.3, -0.25) is 9.59 Å². The lowest BCUT2D eigenvalue weighted by atomic mass is 10.2. The number of hydrogen-bond donors (Lipinski definition) is 3. The Morgan fingerprint density at radius 1 is 0.886 bits per heavy atom. The monoisotopic (exact) mass is 478 g/mol. The van der Waals surface area contributed by atoms with Crippen LogP contribution in [0.2, 0.25) is 0 Å². The molecule has 0 fully saturated rings. The van der Waals surface area contributed by atoms with E-state index in [2.05, 4.69) is 10.3 Å². The van der Waals surface area contributed by atoms with Crippen LogP contribution in [0.25, 0.3) is 0 Å². The van der Waals surface area contributed by atoms with Crippen molar-refractivity contribution >= 4 is 11.6 Å². The van der Waals surface area contributed by atoms with Crippen molar-refractivity contribution in [3.63, 3.8) is 0 Å². The van der Waals surface area contributed by atoms with Crippen LogP contribution in [-0.4, -0.2) is 30.2 Å². The van der Waals surface area contributed by atoms with Crippen molar-refractivity contribution in [2.45, 2.75) is 0 Å². The van der Waals surface area contributed by atoms with Crippen LogP contribution < -0.4 is 25.1 Å². The van der Waals surface area contributed by atoms with E-state index in [1.807, 2.05) is 6.07 Å². The second-order valence-electron chi connectivity index (χ2n) is 6.99. The number of nitrogens with one attached hydrogen (secondary N) is 2. The molecule has 1 amide bonds. The van der Waals surface area contributed by atoms with Gasteiger partial charge in [-0.15, -0.1) is 0 Å². The van der Waals surface area contributed by atoms with Gasteiger partial charge in [0.15, 0.2) is 23.1 Å². The molecule has 8 nitrogen and oxygen atoms in total. The number of carbonyl (C=O) groups excluding carboxylic acids is 1. The Balaban J connectivity index is 0.000000198. The molecular weight excluding hydrogens is 455 g/mol. The quantitative estimate of drug-likeness (QED) is 0.361. The van der Waals surface area contributed by atoms with Crippen molar-refractivity contribution in [2.24, 2.45) is 0 Å². The highest BCUT2D eigenvalue weighted by Crippen LogP contribution is 2.36. The summed E-state index contributed by atoms with van der Waals surface area (Å²) in [6, 6.07) is 20.8. The molecule has 1 aromatic heterocycles. The van der Waals surface area contributed by atoms with E-state index >= 15 is 0 Å². The number of benzene rings is 3. The first-order valence-corrected chi connectivity index (χ1v) is 10.3. The highest BCUT2D eigenvalue weighted by atomic mass is 19.1. The number of H-pyrrole nitrogens is 1. The maximum Gasteiger partial charge on any atom is 0.255 e. The van der Waals surface area contributed by atoms with Gasteiger partial charge in [0.1, 0.15) is 11.5 Å². The number of carbonyl (C=O) groups is 1. The van der Waals surface area contributed by atoms with Gasteiger partial charge < -0.3 is 29.6 Å². The number of anilines is 1. The molecule has 0 saturated carbocycles. The number of aromatic nitrogens is 1. The first kappa shape index (κ1) is 24.8. The molecule has 180 valence electrons. The molecule has 0 radical (unpaired) electrons. The van der Waals surface area contributed by atoms with Crippen LogP contribution in [0.5, 0.6) is 28.7 Å². The van der Waals surface area contributed by atoms with Crippen molar-refractivity contribution in [3.8, 4) is 28.7 Å². The van der Waals surface area contributed by atoms with E-state index in [0.29, 0.717) is 22.7 Å². The Morgan fingerprint density at radius 2 is 1.57 bits per heavy atom. The highest BCUT2D eigenvalue weighted by molar-refractivity contribution is 6.04. The summed E-state index contributed by atoms with van der Waals surface area (Å²) in [5, 5.41) is 12.3. The van der Waals surface area contributed by atoms with Crippen LogP contribution in [0.15, 0.2) is 89.9 Å². The third-order valence-corrected chi connectivity index (χ3v) is 4.59. The largest absolute Gasteiger partial charge is 0.504 e. The van der Waals surface area contributed by atoms with Crippen molar-refractivity contribution in [1.82, 2.24) is 4.98 Å². The standard InChI is InChI=1S/C14H13FO4.C12H10N2O2/c1-17-9-3-5-10(6-4-9)19-14-8-13(18-2)11(15)7-12(14)16;15-11-8-10(6-7-13-11)14-12(16)9-4-2-1-3-5-9/h3-8,16H,1-2H3;1-8H,(H2,13,14,15,16). The molecule has 1 heterocycles. The fourth-order valence-corrected chi connectivity index (χ4v) is 2.85. The summed E-state index contributed by atoms with van der Waals surface area (Å²) in [5.74, 6) is 0.116. The highest BCUT2D eigenvalue weighted by Gasteiger charge is 2.11. The van der Waals surface area contributed by atoms with Crippen molar-refractivity contribution in [1.29, 1.82) is 0 Å². The summed E-state index contributed by atoms with van der Waals surface area (Å²) in [4.78, 5) is 25.2. The number of amides is 1. The molecule has 3 N–H and O–H groups in total. The molecule has 4 rings (SSSR count). The van der Waals surface area contributed by atoms with Crippen LogP contribution >= 0.6 is 0 Å². The Hall–Kier alpha value is -4.79. The summed E-state index contributed by atoms with van der Waals surface area (Å²) in [6.07, 6.45) is 1.49. The first-order valence-electron chi connectivity index (χ1n) is 10.3. The molecule has 0 spiro atoms. The first-order chi connectivity index (χ1) is 16.9. The number of aromatic amines is 1. The van der Waals surface area contributed by atoms with Gasteiger partial charge >= 0.3 is 0 Å². The second-order valence-corrected chi connectivity index (χ2v) is 6.99. The molecule has 35 heavy (non-hydrogen) atoms. The fourth-order valence-electron chi connectivity index (χ4n) is 2.85. The van der Waals surface area contributed by atoms with Gasteiger partial charge in [-0.25, -0.2) is 4.39 Å². The van der Waals surface area contributed by atoms with Crippen molar-refractivity contribution in [2.75, 3.05) is 19.5 Å². The van der Waals surface area contributed by atoms with Crippen LogP contribution in [-0.2, 0) is 0 Å². The third-order valence-electron chi connectivity index (χ3n) is 4.59. The van der Waals surface area contributed by atoms with Crippen LogP contribution in [0.1, 0.15) is 10.4 Å². The summed E-state index contributed by atoms with van der Waals surface area (Å²) >= 11 is 0. The number of phenolic OH excluding ortho intramolecular Hbond substituents is 1. The minimum absolute atomic E-state index is 0.00121. The zero-order chi connectivity index (χ0) is 25.2. The average molecular weight is 478 g/mol. The molecule has 0 saturated heterocycles. The molecule has 4 aromatic rings. The molecule has 0 aliphatic carbocycles. The van der Waals surface area contributed by atoms with E-state index in [4.69, 9.17) is 14.2 Å². The zero-order valence-electron chi connectivity index (χ0n) is 18.9. The molecule has 9 heteroatoms. The Bertz CT molecular complexity index is 1320. The van der Waals surface area contributed by atoms with Crippen LogP contribution in [0.4, 0.5) is 10.1 Å². The minimum Gasteiger partial charge on any atom is -0.504 e. The lowest BCUT2D eigenvalue weighted by Crippen LogP contribution is -2.14. The average Bonchev–Trinajstić information content (AvgIpc) is 2.87. The maximum atomic E-state index is 13.3. The molecule has 0 aliphatic rings. The maximum absolute atomic E-state index is 13.3. The molecule has 0 aliphatic heterocycles. The van der Waals surface area contributed by atoms with E-state index in [-0.39, 0.29) is 28.7 Å². The van der Waals surface area contributed by atoms with Gasteiger partial charge in [0.05, 0.1) is 14.2 Å². The van der Waals surface area contributed by atoms with E-state index in [9.17, 15) is 19.1 Å². The topological polar surface area (TPSA) is 110 Å². The molecule has 0 bridgehead atoms. The Kier molecular flexibility index (Phi) is 8.44. The number of hydrogen-bond acceptors (Lipinski definition) is 6. The number of pyridine rings is 1. The van der Waals surface area contributed by atoms with Gasteiger partial charge in [-0.05, 0) is 42.5 Å². The van der Waals surface area contributed by atoms with E-state index in [0.717, 1.165) is 6.07 Å². The van der Waals surface area contributed by atoms with Gasteiger partial charge in [0, 0.05) is 35.6 Å². The number of aromatic hydroxyl groups is 1. The number of halogens is 1. The SMILES string of the molecule is COc1ccc(Oc2cc(OC)c(F)cc2O)cc1.O=C(Nc1cc[nH]c(=O)c1)c1ccccc1. The molecule has 3 aromatic carbocycles. The normalized spacial score (nSPS) is 9.91. The van der Waals surface area contributed by atoms with Crippen LogP contribution in [0, 0.1) is 5.82 Å². The second kappa shape index (κ2) is 11.9. The Morgan fingerprint density at radius 3 is 2.20 bits per heavy atom. The summed E-state index contributed by atoms with van der Waals surface area (Å²) in [5.41, 5.74) is 0.797. The lowest BCUT2D eigenvalue weighted by Gasteiger charge is -2.10. The van der Waals surface area contributed by atoms with E-state index in [1.54, 1.807) is 61.7 Å². The van der Waals surface area contributed by atoms with E-state index < -0.39 is 5.82 Å². The molecule has 0 unspecified atom stereocenters. The number of phenols is 1. The fraction of sp³-hybridized carbons (Fsp3) is 0.0769. The summed E-state index contributed by atoms with van der Waals surface area (Å²) < 4.78 is 28.6. The van der Waals surface area contributed by atoms with Crippen molar-refractivity contribution in [3.05, 3.63) is 107 Å². The predicted octanol–water partition coefficient (Wildman–Crippen LogP) is 4.97. The zero-order valence-corrected chi connectivity index (χ0v) is 18.9. The van der Waals surface area contributed by atoms with Crippen LogP contribution in [0.3, 0.4) is 0 Å². The smallest absolute Gasteiger partial charge is 0.255 e. The van der Waals surface area contributed by atoms with Gasteiger partial charge in [0.25, 0.3) is 5.91 Å². The van der Waals surface area contributed by atoms with Gasteiger partial charge in [-0.2, -0.15) is 0 Å². The van der Waals surface area contributed by atoms with Crippen molar-refractivity contribution < 1.29 is 28.5 Å². The summed E-state index contributed by atoms with van der Waals surface area (Å²) in [7, 11) is 2.90. The molecular formula is C26H23FN2O6. The minimum atomic E-state index is -0.651. The van der Waals surface area contributed by atoms with E-state index in [1.165, 1.54) is 25.4 Å². The lowest BCUT2D eigenvalue weighted by molar-refractivity contribution is 0.102. The number of methoxy groups -OCH3 is 2. The predicted molar refractivity (Wildman–Crippen MR) is 129 cm³/mol. The number of rotatable bonds is 6. The Labute approximate surface area is 200 Å². The third kappa shape index (κ3) is 7.10.